The summed E-state index contributed by atoms with van der Waals surface area (Å²) in [6.07, 6.45) is 3.48. The van der Waals surface area contributed by atoms with Crippen LogP contribution in [0.2, 0.25) is 0 Å². The minimum Gasteiger partial charge on any atom is -0.338 e. The van der Waals surface area contributed by atoms with E-state index in [-0.39, 0.29) is 23.6 Å². The summed E-state index contributed by atoms with van der Waals surface area (Å²) < 4.78 is 0. The molecule has 6 heteroatoms. The Kier molecular flexibility index (Phi) is 5.10. The largest absolute Gasteiger partial charge is 0.338 e. The molecule has 0 radical (unpaired) electrons. The van der Waals surface area contributed by atoms with Gasteiger partial charge in [-0.2, -0.15) is 0 Å². The van der Waals surface area contributed by atoms with E-state index in [1.807, 2.05) is 17.0 Å². The molecule has 1 saturated heterocycles. The van der Waals surface area contributed by atoms with Crippen molar-refractivity contribution in [3.63, 3.8) is 0 Å². The lowest BCUT2D eigenvalue weighted by Crippen LogP contribution is -2.23. The molecule has 28 heavy (non-hydrogen) atoms. The van der Waals surface area contributed by atoms with Crippen LogP contribution in [0.5, 0.6) is 0 Å². The Bertz CT molecular complexity index is 886. The number of rotatable bonds is 6. The van der Waals surface area contributed by atoms with E-state index in [1.165, 1.54) is 0 Å². The second-order valence-electron chi connectivity index (χ2n) is 7.41. The van der Waals surface area contributed by atoms with Crippen LogP contribution in [0.3, 0.4) is 0 Å². The number of likely N-dealkylation sites (tertiary alicyclic amines) is 1. The minimum absolute atomic E-state index is 0.0625. The van der Waals surface area contributed by atoms with Crippen molar-refractivity contribution >= 4 is 29.1 Å². The van der Waals surface area contributed by atoms with Crippen LogP contribution in [-0.2, 0) is 16.1 Å². The lowest BCUT2D eigenvalue weighted by Gasteiger charge is -2.15. The summed E-state index contributed by atoms with van der Waals surface area (Å²) in [5.74, 6) is 0.218. The van der Waals surface area contributed by atoms with Gasteiger partial charge in [-0.3, -0.25) is 14.4 Å². The molecule has 144 valence electrons. The maximum atomic E-state index is 12.4. The van der Waals surface area contributed by atoms with Gasteiger partial charge in [-0.15, -0.1) is 0 Å². The van der Waals surface area contributed by atoms with E-state index in [4.69, 9.17) is 0 Å². The molecular formula is C22H23N3O3. The summed E-state index contributed by atoms with van der Waals surface area (Å²) in [5.41, 5.74) is 2.97. The van der Waals surface area contributed by atoms with Crippen molar-refractivity contribution in [2.75, 3.05) is 17.2 Å². The second kappa shape index (κ2) is 7.84. The highest BCUT2D eigenvalue weighted by atomic mass is 16.2. The zero-order valence-corrected chi connectivity index (χ0v) is 15.6. The van der Waals surface area contributed by atoms with Crippen molar-refractivity contribution in [2.45, 2.75) is 32.2 Å². The molecule has 0 bridgehead atoms. The van der Waals surface area contributed by atoms with Gasteiger partial charge in [-0.1, -0.05) is 12.1 Å². The molecule has 1 aliphatic heterocycles. The summed E-state index contributed by atoms with van der Waals surface area (Å²) in [4.78, 5) is 37.8. The molecule has 0 aromatic heterocycles. The summed E-state index contributed by atoms with van der Waals surface area (Å²) in [6.45, 7) is 1.40. The van der Waals surface area contributed by atoms with Gasteiger partial charge in [-0.25, -0.2) is 0 Å². The van der Waals surface area contributed by atoms with Gasteiger partial charge in [-0.05, 0) is 61.2 Å². The summed E-state index contributed by atoms with van der Waals surface area (Å²) in [5, 5.41) is 5.73. The van der Waals surface area contributed by atoms with Crippen LogP contribution in [0, 0.1) is 5.92 Å². The first kappa shape index (κ1) is 18.2. The van der Waals surface area contributed by atoms with Crippen LogP contribution in [0.25, 0.3) is 0 Å². The Morgan fingerprint density at radius 3 is 2.14 bits per heavy atom. The smallest absolute Gasteiger partial charge is 0.255 e. The number of hydrogen-bond acceptors (Lipinski definition) is 3. The summed E-state index contributed by atoms with van der Waals surface area (Å²) in [6, 6.07) is 14.4. The van der Waals surface area contributed by atoms with Gasteiger partial charge in [0.1, 0.15) is 0 Å². The third-order valence-electron chi connectivity index (χ3n) is 5.12. The maximum absolute atomic E-state index is 12.4. The average molecular weight is 377 g/mol. The third-order valence-corrected chi connectivity index (χ3v) is 5.12. The van der Waals surface area contributed by atoms with Crippen molar-refractivity contribution in [2.24, 2.45) is 5.92 Å². The SMILES string of the molecule is O=C(Nc1ccc(NC(=O)C2CC2)cc1)c1ccc(CN2CCCC2=O)cc1. The van der Waals surface area contributed by atoms with E-state index in [9.17, 15) is 14.4 Å². The number of benzene rings is 2. The first-order valence-corrected chi connectivity index (χ1v) is 9.67. The molecule has 0 unspecified atom stereocenters. The van der Waals surface area contributed by atoms with Crippen LogP contribution < -0.4 is 10.6 Å². The fraction of sp³-hybridized carbons (Fsp3) is 0.318. The molecule has 2 fully saturated rings. The number of nitrogens with one attached hydrogen (secondary N) is 2. The quantitative estimate of drug-likeness (QED) is 0.810. The number of nitrogens with zero attached hydrogens (tertiary/aromatic N) is 1. The lowest BCUT2D eigenvalue weighted by molar-refractivity contribution is -0.128. The van der Waals surface area contributed by atoms with Gasteiger partial charge in [0.15, 0.2) is 0 Å². The number of amides is 3. The number of hydrogen-bond donors (Lipinski definition) is 2. The van der Waals surface area contributed by atoms with Crippen LogP contribution >= 0.6 is 0 Å². The van der Waals surface area contributed by atoms with Gasteiger partial charge >= 0.3 is 0 Å². The van der Waals surface area contributed by atoms with E-state index in [0.29, 0.717) is 24.2 Å². The zero-order valence-electron chi connectivity index (χ0n) is 15.6. The van der Waals surface area contributed by atoms with E-state index >= 15 is 0 Å². The monoisotopic (exact) mass is 377 g/mol. The Balaban J connectivity index is 1.32. The Labute approximate surface area is 163 Å². The van der Waals surface area contributed by atoms with Crippen LogP contribution in [0.15, 0.2) is 48.5 Å². The molecule has 1 heterocycles. The molecule has 3 amide bonds. The Hall–Kier alpha value is -3.15. The molecule has 4 rings (SSSR count). The molecule has 2 N–H and O–H groups in total. The van der Waals surface area contributed by atoms with Gasteiger partial charge < -0.3 is 15.5 Å². The van der Waals surface area contributed by atoms with Gasteiger partial charge in [0.25, 0.3) is 5.91 Å². The topological polar surface area (TPSA) is 78.5 Å². The van der Waals surface area contributed by atoms with Crippen molar-refractivity contribution in [1.29, 1.82) is 0 Å². The van der Waals surface area contributed by atoms with Gasteiger partial charge in [0, 0.05) is 42.4 Å². The molecule has 6 nitrogen and oxygen atoms in total. The molecule has 0 atom stereocenters. The van der Waals surface area contributed by atoms with E-state index < -0.39 is 0 Å². The standard InChI is InChI=1S/C22H23N3O3/c26-20-2-1-13-25(20)14-15-3-5-16(6-4-15)21(27)23-18-9-11-19(12-10-18)24-22(28)17-7-8-17/h3-6,9-12,17H,1-2,7-8,13-14H2,(H,23,27)(H,24,28). The van der Waals surface area contributed by atoms with Gasteiger partial charge in [0.05, 0.1) is 0 Å². The number of anilines is 2. The molecule has 2 aliphatic rings. The van der Waals surface area contributed by atoms with Crippen LogP contribution in [0.1, 0.15) is 41.6 Å². The van der Waals surface area contributed by atoms with Crippen molar-refractivity contribution < 1.29 is 14.4 Å². The predicted octanol–water partition coefficient (Wildman–Crippen LogP) is 3.41. The minimum atomic E-state index is -0.196. The fourth-order valence-corrected chi connectivity index (χ4v) is 3.28. The first-order valence-electron chi connectivity index (χ1n) is 9.67. The number of carbonyl (C=O) groups is 3. The summed E-state index contributed by atoms with van der Waals surface area (Å²) >= 11 is 0. The highest BCUT2D eigenvalue weighted by molar-refractivity contribution is 6.04. The highest BCUT2D eigenvalue weighted by Gasteiger charge is 2.29. The molecule has 2 aromatic rings. The van der Waals surface area contributed by atoms with Gasteiger partial charge in [0.2, 0.25) is 11.8 Å². The van der Waals surface area contributed by atoms with Crippen molar-refractivity contribution in [3.05, 3.63) is 59.7 Å². The average Bonchev–Trinajstić information content (AvgIpc) is 3.48. The molecule has 2 aromatic carbocycles. The Morgan fingerprint density at radius 2 is 1.57 bits per heavy atom. The molecule has 1 aliphatic carbocycles. The Morgan fingerprint density at radius 1 is 0.929 bits per heavy atom. The van der Waals surface area contributed by atoms with Crippen molar-refractivity contribution in [3.8, 4) is 0 Å². The third kappa shape index (κ3) is 4.39. The summed E-state index contributed by atoms with van der Waals surface area (Å²) in [7, 11) is 0. The zero-order chi connectivity index (χ0) is 19.5. The molecule has 0 spiro atoms. The van der Waals surface area contributed by atoms with Crippen molar-refractivity contribution in [1.82, 2.24) is 4.90 Å². The predicted molar refractivity (Wildman–Crippen MR) is 107 cm³/mol. The normalized spacial score (nSPS) is 16.1. The van der Waals surface area contributed by atoms with E-state index in [0.717, 1.165) is 37.1 Å². The first-order chi connectivity index (χ1) is 13.6. The van der Waals surface area contributed by atoms with Crippen LogP contribution in [0.4, 0.5) is 11.4 Å². The molecular weight excluding hydrogens is 354 g/mol. The lowest BCUT2D eigenvalue weighted by atomic mass is 10.1. The van der Waals surface area contributed by atoms with E-state index in [2.05, 4.69) is 10.6 Å². The molecule has 1 saturated carbocycles. The number of carbonyl (C=O) groups excluding carboxylic acids is 3. The second-order valence-corrected chi connectivity index (χ2v) is 7.41. The highest BCUT2D eigenvalue weighted by Crippen LogP contribution is 2.30. The van der Waals surface area contributed by atoms with Crippen LogP contribution in [-0.4, -0.2) is 29.2 Å². The fourth-order valence-electron chi connectivity index (χ4n) is 3.28. The van der Waals surface area contributed by atoms with E-state index in [1.54, 1.807) is 36.4 Å². The maximum Gasteiger partial charge on any atom is 0.255 e.